The fourth-order valence-electron chi connectivity index (χ4n) is 6.09. The van der Waals surface area contributed by atoms with Crippen molar-refractivity contribution in [1.29, 1.82) is 0 Å². The van der Waals surface area contributed by atoms with Crippen LogP contribution in [0.1, 0.15) is 148 Å². The fraction of sp³-hybridized carbons (Fsp3) is 0.750. The summed E-state index contributed by atoms with van der Waals surface area (Å²) in [6, 6.07) is 5.60. The first kappa shape index (κ1) is 33.0. The Morgan fingerprint density at radius 3 is 2.12 bits per heavy atom. The average Bonchev–Trinajstić information content (AvgIpc) is 3.80. The molecule has 2 aromatic rings. The zero-order chi connectivity index (χ0) is 28.3. The highest BCUT2D eigenvalue weighted by molar-refractivity contribution is 6.54. The standard InChI is InChI=1S/C36H61N3Si/c1-4-5-11-17-30(2)22-23-31(3)18-14-15-27-40-36-34(21-16-26-37-36)35-29-38-33(28-39-35)20-13-10-8-6-7-9-12-19-32-24-25-32/h16,21,26,28-32H,4-15,17-20,22-25,27,40H2,1-3H3. The molecule has 2 unspecified atom stereocenters. The third kappa shape index (κ3) is 14.4. The maximum Gasteiger partial charge on any atom is 0.0899 e. The molecule has 0 aromatic carbocycles. The summed E-state index contributed by atoms with van der Waals surface area (Å²) >= 11 is 0. The van der Waals surface area contributed by atoms with Crippen LogP contribution in [0.3, 0.4) is 0 Å². The summed E-state index contributed by atoms with van der Waals surface area (Å²) in [4.78, 5) is 14.4. The molecule has 4 heteroatoms. The summed E-state index contributed by atoms with van der Waals surface area (Å²) in [6.45, 7) is 7.22. The zero-order valence-electron chi connectivity index (χ0n) is 26.5. The monoisotopic (exact) mass is 563 g/mol. The van der Waals surface area contributed by atoms with Gasteiger partial charge in [-0.25, -0.2) is 0 Å². The van der Waals surface area contributed by atoms with Gasteiger partial charge in [-0.1, -0.05) is 142 Å². The first-order valence-corrected chi connectivity index (χ1v) is 19.1. The van der Waals surface area contributed by atoms with Crippen molar-refractivity contribution in [2.45, 2.75) is 155 Å². The van der Waals surface area contributed by atoms with Crippen LogP contribution in [0, 0.1) is 17.8 Å². The van der Waals surface area contributed by atoms with Gasteiger partial charge in [0.1, 0.15) is 0 Å². The number of aryl methyl sites for hydroxylation is 1. The van der Waals surface area contributed by atoms with Gasteiger partial charge in [-0.15, -0.1) is 0 Å². The largest absolute Gasteiger partial charge is 0.266 e. The minimum absolute atomic E-state index is 0.383. The van der Waals surface area contributed by atoms with E-state index in [0.717, 1.165) is 35.6 Å². The molecule has 0 N–H and O–H groups in total. The second-order valence-electron chi connectivity index (χ2n) is 13.2. The first-order valence-electron chi connectivity index (χ1n) is 17.4. The molecule has 0 radical (unpaired) electrons. The molecule has 1 fully saturated rings. The van der Waals surface area contributed by atoms with Gasteiger partial charge in [0.05, 0.1) is 27.1 Å². The Morgan fingerprint density at radius 1 is 0.750 bits per heavy atom. The Labute approximate surface area is 250 Å². The van der Waals surface area contributed by atoms with Crippen molar-refractivity contribution in [1.82, 2.24) is 15.0 Å². The van der Waals surface area contributed by atoms with Gasteiger partial charge in [0.25, 0.3) is 0 Å². The summed E-state index contributed by atoms with van der Waals surface area (Å²) < 4.78 is 0. The maximum absolute atomic E-state index is 4.82. The molecule has 2 heterocycles. The van der Waals surface area contributed by atoms with Crippen molar-refractivity contribution in [2.75, 3.05) is 0 Å². The molecule has 3 nitrogen and oxygen atoms in total. The molecular formula is C36H61N3Si. The molecule has 0 aliphatic heterocycles. The highest BCUT2D eigenvalue weighted by Gasteiger charge is 2.19. The van der Waals surface area contributed by atoms with Crippen LogP contribution < -0.4 is 5.32 Å². The van der Waals surface area contributed by atoms with Gasteiger partial charge in [-0.05, 0) is 42.7 Å². The van der Waals surface area contributed by atoms with Crippen molar-refractivity contribution in [3.8, 4) is 11.3 Å². The van der Waals surface area contributed by atoms with Crippen LogP contribution in [-0.2, 0) is 6.42 Å². The van der Waals surface area contributed by atoms with Crippen molar-refractivity contribution in [3.63, 3.8) is 0 Å². The van der Waals surface area contributed by atoms with E-state index in [-0.39, 0.29) is 9.52 Å². The predicted octanol–water partition coefficient (Wildman–Crippen LogP) is 9.63. The van der Waals surface area contributed by atoms with Crippen molar-refractivity contribution in [3.05, 3.63) is 36.4 Å². The zero-order valence-corrected chi connectivity index (χ0v) is 27.9. The molecule has 1 saturated carbocycles. The van der Waals surface area contributed by atoms with E-state index in [0.29, 0.717) is 0 Å². The van der Waals surface area contributed by atoms with Gasteiger partial charge in [0, 0.05) is 23.3 Å². The van der Waals surface area contributed by atoms with Crippen molar-refractivity contribution in [2.24, 2.45) is 17.8 Å². The van der Waals surface area contributed by atoms with Gasteiger partial charge < -0.3 is 0 Å². The normalized spacial score (nSPS) is 15.2. The lowest BCUT2D eigenvalue weighted by Gasteiger charge is -2.15. The van der Waals surface area contributed by atoms with Gasteiger partial charge in [-0.2, -0.15) is 0 Å². The number of pyridine rings is 1. The molecule has 0 saturated heterocycles. The molecule has 1 aliphatic rings. The number of hydrogen-bond donors (Lipinski definition) is 0. The van der Waals surface area contributed by atoms with E-state index in [9.17, 15) is 0 Å². The first-order chi connectivity index (χ1) is 19.7. The van der Waals surface area contributed by atoms with E-state index in [4.69, 9.17) is 15.0 Å². The fourth-order valence-corrected chi connectivity index (χ4v) is 7.83. The number of nitrogens with zero attached hydrogens (tertiary/aromatic N) is 3. The quantitative estimate of drug-likeness (QED) is 0.0942. The van der Waals surface area contributed by atoms with E-state index in [1.165, 1.54) is 139 Å². The summed E-state index contributed by atoms with van der Waals surface area (Å²) in [7, 11) is -0.383. The summed E-state index contributed by atoms with van der Waals surface area (Å²) in [6.07, 6.45) is 33.7. The number of hydrogen-bond acceptors (Lipinski definition) is 3. The highest BCUT2D eigenvalue weighted by atomic mass is 28.2. The Bertz CT molecular complexity index is 895. The summed E-state index contributed by atoms with van der Waals surface area (Å²) in [5, 5.41) is 1.32. The van der Waals surface area contributed by atoms with E-state index in [1.54, 1.807) is 0 Å². The molecule has 0 amide bonds. The Balaban J connectivity index is 1.27. The topological polar surface area (TPSA) is 38.7 Å². The van der Waals surface area contributed by atoms with Gasteiger partial charge in [-0.3, -0.25) is 15.0 Å². The van der Waals surface area contributed by atoms with Crippen LogP contribution in [0.5, 0.6) is 0 Å². The molecule has 3 rings (SSSR count). The van der Waals surface area contributed by atoms with E-state index in [2.05, 4.69) is 32.9 Å². The highest BCUT2D eigenvalue weighted by Crippen LogP contribution is 2.34. The number of unbranched alkanes of at least 4 members (excludes halogenated alkanes) is 9. The predicted molar refractivity (Wildman–Crippen MR) is 177 cm³/mol. The smallest absolute Gasteiger partial charge is 0.0899 e. The van der Waals surface area contributed by atoms with Gasteiger partial charge >= 0.3 is 0 Å². The Morgan fingerprint density at radius 2 is 1.45 bits per heavy atom. The second-order valence-corrected chi connectivity index (χ2v) is 15.1. The van der Waals surface area contributed by atoms with Gasteiger partial charge in [0.15, 0.2) is 0 Å². The average molecular weight is 564 g/mol. The van der Waals surface area contributed by atoms with Crippen LogP contribution in [0.25, 0.3) is 11.3 Å². The summed E-state index contributed by atoms with van der Waals surface area (Å²) in [5.41, 5.74) is 3.37. The number of aromatic nitrogens is 3. The van der Waals surface area contributed by atoms with Crippen molar-refractivity contribution >= 4 is 14.8 Å². The lowest BCUT2D eigenvalue weighted by atomic mass is 9.91. The van der Waals surface area contributed by atoms with Crippen molar-refractivity contribution < 1.29 is 0 Å². The second kappa shape index (κ2) is 20.3. The molecule has 0 bridgehead atoms. The maximum atomic E-state index is 4.82. The lowest BCUT2D eigenvalue weighted by molar-refractivity contribution is 0.382. The molecule has 2 aromatic heterocycles. The van der Waals surface area contributed by atoms with Crippen LogP contribution in [0.2, 0.25) is 6.04 Å². The van der Waals surface area contributed by atoms with Gasteiger partial charge in [0.2, 0.25) is 0 Å². The minimum atomic E-state index is -0.383. The van der Waals surface area contributed by atoms with E-state index >= 15 is 0 Å². The molecule has 40 heavy (non-hydrogen) atoms. The SMILES string of the molecule is CCCCCC(C)CCC(C)CCCC[SiH2]c1ncccc1-c1cnc(CCCCCCCCCC2CC2)cn1. The summed E-state index contributed by atoms with van der Waals surface area (Å²) in [5.74, 6) is 2.88. The minimum Gasteiger partial charge on any atom is -0.266 e. The molecule has 2 atom stereocenters. The molecule has 1 aliphatic carbocycles. The lowest BCUT2D eigenvalue weighted by Crippen LogP contribution is -2.21. The van der Waals surface area contributed by atoms with E-state index in [1.807, 2.05) is 18.6 Å². The third-order valence-corrected chi connectivity index (χ3v) is 11.1. The molecule has 0 spiro atoms. The van der Waals surface area contributed by atoms with Crippen LogP contribution >= 0.6 is 0 Å². The Kier molecular flexibility index (Phi) is 16.8. The molecule has 224 valence electrons. The van der Waals surface area contributed by atoms with Crippen LogP contribution in [0.4, 0.5) is 0 Å². The third-order valence-electron chi connectivity index (χ3n) is 9.18. The van der Waals surface area contributed by atoms with E-state index < -0.39 is 0 Å². The van der Waals surface area contributed by atoms with Crippen LogP contribution in [-0.4, -0.2) is 24.5 Å². The molecular weight excluding hydrogens is 503 g/mol. The Hall–Kier alpha value is -1.55. The number of rotatable bonds is 24. The van der Waals surface area contributed by atoms with Crippen LogP contribution in [0.15, 0.2) is 30.7 Å².